The number of ether oxygens (including phenoxy) is 1. The van der Waals surface area contributed by atoms with E-state index in [9.17, 15) is 14.0 Å². The van der Waals surface area contributed by atoms with E-state index in [1.54, 1.807) is 30.3 Å². The third-order valence-electron chi connectivity index (χ3n) is 5.23. The molecular formula is C22H25FN2O3. The van der Waals surface area contributed by atoms with Crippen LogP contribution in [0.4, 0.5) is 10.1 Å². The number of carbonyl (C=O) groups excluding carboxylic acids is 2. The summed E-state index contributed by atoms with van der Waals surface area (Å²) in [6.45, 7) is 3.93. The number of piperidine rings is 1. The highest BCUT2D eigenvalue weighted by atomic mass is 19.1. The van der Waals surface area contributed by atoms with Crippen LogP contribution in [0.2, 0.25) is 0 Å². The molecule has 148 valence electrons. The van der Waals surface area contributed by atoms with Crippen LogP contribution < -0.4 is 5.32 Å². The van der Waals surface area contributed by atoms with Gasteiger partial charge in [0.1, 0.15) is 5.82 Å². The number of anilines is 1. The van der Waals surface area contributed by atoms with Crippen molar-refractivity contribution in [3.63, 3.8) is 0 Å². The van der Waals surface area contributed by atoms with Gasteiger partial charge in [-0.25, -0.2) is 9.18 Å². The second-order valence-electron chi connectivity index (χ2n) is 7.15. The van der Waals surface area contributed by atoms with E-state index in [4.69, 9.17) is 4.74 Å². The van der Waals surface area contributed by atoms with E-state index >= 15 is 0 Å². The fraction of sp³-hybridized carbons (Fsp3) is 0.364. The van der Waals surface area contributed by atoms with Crippen molar-refractivity contribution in [2.45, 2.75) is 26.3 Å². The van der Waals surface area contributed by atoms with Crippen LogP contribution in [-0.4, -0.2) is 37.0 Å². The fourth-order valence-electron chi connectivity index (χ4n) is 3.46. The van der Waals surface area contributed by atoms with Gasteiger partial charge >= 0.3 is 5.97 Å². The van der Waals surface area contributed by atoms with E-state index in [1.165, 1.54) is 13.2 Å². The van der Waals surface area contributed by atoms with E-state index in [0.29, 0.717) is 23.4 Å². The number of nitrogens with zero attached hydrogens (tertiary/aromatic N) is 1. The molecule has 0 radical (unpaired) electrons. The fourth-order valence-corrected chi connectivity index (χ4v) is 3.46. The molecule has 2 aromatic carbocycles. The third-order valence-corrected chi connectivity index (χ3v) is 5.23. The molecule has 0 atom stereocenters. The average molecular weight is 384 g/mol. The van der Waals surface area contributed by atoms with Crippen molar-refractivity contribution in [2.24, 2.45) is 5.92 Å². The van der Waals surface area contributed by atoms with Crippen molar-refractivity contribution >= 4 is 17.6 Å². The number of hydrogen-bond acceptors (Lipinski definition) is 4. The number of benzene rings is 2. The number of methoxy groups -OCH3 is 1. The van der Waals surface area contributed by atoms with Crippen LogP contribution in [0.1, 0.15) is 34.3 Å². The van der Waals surface area contributed by atoms with Gasteiger partial charge in [-0.3, -0.25) is 9.69 Å². The van der Waals surface area contributed by atoms with E-state index < -0.39 is 5.97 Å². The number of hydrogen-bond donors (Lipinski definition) is 1. The van der Waals surface area contributed by atoms with Crippen LogP contribution in [0.3, 0.4) is 0 Å². The summed E-state index contributed by atoms with van der Waals surface area (Å²) in [5.74, 6) is -0.769. The Morgan fingerprint density at radius 3 is 2.57 bits per heavy atom. The smallest absolute Gasteiger partial charge is 0.337 e. The number of halogens is 1. The number of nitrogens with one attached hydrogen (secondary N) is 1. The zero-order chi connectivity index (χ0) is 20.1. The number of aryl methyl sites for hydroxylation is 1. The molecular weight excluding hydrogens is 359 g/mol. The maximum Gasteiger partial charge on any atom is 0.337 e. The number of likely N-dealkylation sites (tertiary alicyclic amines) is 1. The quantitative estimate of drug-likeness (QED) is 0.798. The molecule has 6 heteroatoms. The Balaban J connectivity index is 1.57. The van der Waals surface area contributed by atoms with Gasteiger partial charge in [-0.15, -0.1) is 0 Å². The van der Waals surface area contributed by atoms with Gasteiger partial charge in [-0.2, -0.15) is 0 Å². The molecule has 28 heavy (non-hydrogen) atoms. The molecule has 0 unspecified atom stereocenters. The first kappa shape index (κ1) is 20.0. The van der Waals surface area contributed by atoms with Crippen LogP contribution in [0.25, 0.3) is 0 Å². The summed E-state index contributed by atoms with van der Waals surface area (Å²) < 4.78 is 18.6. The van der Waals surface area contributed by atoms with Crippen molar-refractivity contribution in [3.8, 4) is 0 Å². The van der Waals surface area contributed by atoms with Gasteiger partial charge in [-0.05, 0) is 56.6 Å². The Hall–Kier alpha value is -2.73. The molecule has 0 saturated carbocycles. The first-order valence-electron chi connectivity index (χ1n) is 9.43. The lowest BCUT2D eigenvalue weighted by Gasteiger charge is -2.31. The highest BCUT2D eigenvalue weighted by Crippen LogP contribution is 2.23. The van der Waals surface area contributed by atoms with Gasteiger partial charge in [0.2, 0.25) is 5.91 Å². The highest BCUT2D eigenvalue weighted by Gasteiger charge is 2.26. The molecule has 0 aliphatic carbocycles. The molecule has 5 nitrogen and oxygen atoms in total. The third kappa shape index (κ3) is 4.75. The Bertz CT molecular complexity index is 861. The molecule has 1 amide bonds. The van der Waals surface area contributed by atoms with Gasteiger partial charge in [0.05, 0.1) is 12.7 Å². The molecule has 1 aliphatic heterocycles. The monoisotopic (exact) mass is 384 g/mol. The van der Waals surface area contributed by atoms with Gasteiger partial charge < -0.3 is 10.1 Å². The molecule has 1 saturated heterocycles. The Morgan fingerprint density at radius 1 is 1.18 bits per heavy atom. The first-order valence-corrected chi connectivity index (χ1v) is 9.43. The molecule has 1 heterocycles. The Kier molecular flexibility index (Phi) is 6.41. The number of amides is 1. The predicted molar refractivity (Wildman–Crippen MR) is 106 cm³/mol. The second kappa shape index (κ2) is 8.97. The predicted octanol–water partition coefficient (Wildman–Crippen LogP) is 3.77. The Morgan fingerprint density at radius 2 is 1.89 bits per heavy atom. The molecule has 2 aromatic rings. The van der Waals surface area contributed by atoms with Crippen molar-refractivity contribution < 1.29 is 18.7 Å². The normalized spacial score (nSPS) is 15.2. The zero-order valence-corrected chi connectivity index (χ0v) is 16.2. The lowest BCUT2D eigenvalue weighted by molar-refractivity contribution is -0.121. The van der Waals surface area contributed by atoms with E-state index in [0.717, 1.165) is 31.5 Å². The molecule has 1 N–H and O–H groups in total. The topological polar surface area (TPSA) is 58.6 Å². The maximum absolute atomic E-state index is 13.8. The van der Waals surface area contributed by atoms with Crippen LogP contribution >= 0.6 is 0 Å². The Labute approximate surface area is 164 Å². The minimum atomic E-state index is -0.433. The molecule has 3 rings (SSSR count). The largest absolute Gasteiger partial charge is 0.465 e. The summed E-state index contributed by atoms with van der Waals surface area (Å²) >= 11 is 0. The molecule has 1 fully saturated rings. The molecule has 0 aromatic heterocycles. The molecule has 1 aliphatic rings. The van der Waals surface area contributed by atoms with Gasteiger partial charge in [-0.1, -0.05) is 24.3 Å². The lowest BCUT2D eigenvalue weighted by atomic mass is 9.95. The lowest BCUT2D eigenvalue weighted by Crippen LogP contribution is -2.38. The van der Waals surface area contributed by atoms with Gasteiger partial charge in [0.15, 0.2) is 0 Å². The van der Waals surface area contributed by atoms with E-state index in [2.05, 4.69) is 10.2 Å². The van der Waals surface area contributed by atoms with E-state index in [-0.39, 0.29) is 17.6 Å². The standard InChI is InChI=1S/C22H25FN2O3/c1-15-7-8-17(22(27)28-2)13-20(15)24-21(26)16-9-11-25(12-10-16)14-18-5-3-4-6-19(18)23/h3-8,13,16H,9-12,14H2,1-2H3,(H,24,26). The zero-order valence-electron chi connectivity index (χ0n) is 16.2. The van der Waals surface area contributed by atoms with Crippen LogP contribution in [0.15, 0.2) is 42.5 Å². The first-order chi connectivity index (χ1) is 13.5. The SMILES string of the molecule is COC(=O)c1ccc(C)c(NC(=O)C2CCN(Cc3ccccc3F)CC2)c1. The highest BCUT2D eigenvalue weighted by molar-refractivity contribution is 5.96. The number of rotatable bonds is 5. The number of esters is 1. The van der Waals surface area contributed by atoms with Crippen molar-refractivity contribution in [1.82, 2.24) is 4.90 Å². The molecule has 0 spiro atoms. The number of carbonyl (C=O) groups is 2. The summed E-state index contributed by atoms with van der Waals surface area (Å²) in [6, 6.07) is 11.9. The van der Waals surface area contributed by atoms with Crippen LogP contribution in [-0.2, 0) is 16.1 Å². The summed E-state index contributed by atoms with van der Waals surface area (Å²) in [4.78, 5) is 26.6. The molecule has 0 bridgehead atoms. The van der Waals surface area contributed by atoms with Crippen LogP contribution in [0.5, 0.6) is 0 Å². The summed E-state index contributed by atoms with van der Waals surface area (Å²) in [6.07, 6.45) is 1.44. The minimum Gasteiger partial charge on any atom is -0.465 e. The van der Waals surface area contributed by atoms with Crippen molar-refractivity contribution in [3.05, 3.63) is 65.0 Å². The summed E-state index contributed by atoms with van der Waals surface area (Å²) in [5, 5.41) is 2.95. The second-order valence-corrected chi connectivity index (χ2v) is 7.15. The van der Waals surface area contributed by atoms with Crippen LogP contribution in [0, 0.1) is 18.7 Å². The van der Waals surface area contributed by atoms with Crippen molar-refractivity contribution in [1.29, 1.82) is 0 Å². The summed E-state index contributed by atoms with van der Waals surface area (Å²) in [7, 11) is 1.33. The summed E-state index contributed by atoms with van der Waals surface area (Å²) in [5.41, 5.74) is 2.60. The van der Waals surface area contributed by atoms with E-state index in [1.807, 2.05) is 13.0 Å². The van der Waals surface area contributed by atoms with Crippen molar-refractivity contribution in [2.75, 3.05) is 25.5 Å². The van der Waals surface area contributed by atoms with Gasteiger partial charge in [0.25, 0.3) is 0 Å². The van der Waals surface area contributed by atoms with Gasteiger partial charge in [0, 0.05) is 23.7 Å². The maximum atomic E-state index is 13.8. The average Bonchev–Trinajstić information content (AvgIpc) is 2.71. The minimum absolute atomic E-state index is 0.0457.